The molecule has 1 atom stereocenters. The minimum absolute atomic E-state index is 0. The molecule has 128 valence electrons. The van der Waals surface area contributed by atoms with Gasteiger partial charge in [-0.3, -0.25) is 4.90 Å². The van der Waals surface area contributed by atoms with E-state index in [9.17, 15) is 8.78 Å². The van der Waals surface area contributed by atoms with Gasteiger partial charge in [-0.2, -0.15) is 0 Å². The summed E-state index contributed by atoms with van der Waals surface area (Å²) in [4.78, 5) is 2.47. The van der Waals surface area contributed by atoms with Crippen LogP contribution in [-0.4, -0.2) is 37.4 Å². The smallest absolute Gasteiger partial charge is 0.395 e. The predicted molar refractivity (Wildman–Crippen MR) is 84.4 cm³/mol. The number of ether oxygens (including phenoxy) is 2. The lowest BCUT2D eigenvalue weighted by Gasteiger charge is -2.43. The van der Waals surface area contributed by atoms with Crippen molar-refractivity contribution < 1.29 is 18.3 Å². The van der Waals surface area contributed by atoms with Gasteiger partial charge in [0.05, 0.1) is 0 Å². The molecule has 0 unspecified atom stereocenters. The van der Waals surface area contributed by atoms with Crippen LogP contribution < -0.4 is 14.8 Å². The number of nitrogens with one attached hydrogen (secondary N) is 1. The summed E-state index contributed by atoms with van der Waals surface area (Å²) in [6.07, 6.45) is 0.135. The van der Waals surface area contributed by atoms with Gasteiger partial charge in [0, 0.05) is 32.2 Å². The fraction of sp³-hybridized carbons (Fsp3) is 0.625. The van der Waals surface area contributed by atoms with E-state index in [1.54, 1.807) is 12.1 Å². The van der Waals surface area contributed by atoms with Crippen LogP contribution in [0.2, 0.25) is 0 Å². The van der Waals surface area contributed by atoms with E-state index in [1.165, 1.54) is 19.3 Å². The van der Waals surface area contributed by atoms with Gasteiger partial charge in [0.1, 0.15) is 0 Å². The van der Waals surface area contributed by atoms with E-state index in [0.717, 1.165) is 31.7 Å². The summed E-state index contributed by atoms with van der Waals surface area (Å²) in [6, 6.07) is 5.55. The van der Waals surface area contributed by atoms with Gasteiger partial charge in [0.25, 0.3) is 0 Å². The molecule has 1 aromatic carbocycles. The first kappa shape index (κ1) is 16.7. The molecule has 3 aliphatic rings. The lowest BCUT2D eigenvalue weighted by molar-refractivity contribution is -0.286. The average molecular weight is 347 g/mol. The highest BCUT2D eigenvalue weighted by Gasteiger charge is 2.44. The van der Waals surface area contributed by atoms with Crippen LogP contribution >= 0.6 is 12.4 Å². The van der Waals surface area contributed by atoms with E-state index in [2.05, 4.69) is 19.7 Å². The van der Waals surface area contributed by atoms with Gasteiger partial charge in [-0.15, -0.1) is 21.2 Å². The standard InChI is InChI=1S/C16H20F2N2O2.ClH/c17-16(18)21-13-5-4-12(10-14(13)22-16)15(11-2-1-3-11)20-8-6-19-7-9-20;/h4-5,10-11,15,19H,1-3,6-9H2;1H/t15-;/m1./s1. The average Bonchev–Trinajstić information content (AvgIpc) is 2.76. The van der Waals surface area contributed by atoms with Crippen molar-refractivity contribution in [2.75, 3.05) is 26.2 Å². The van der Waals surface area contributed by atoms with Gasteiger partial charge in [-0.1, -0.05) is 12.5 Å². The molecule has 1 saturated carbocycles. The monoisotopic (exact) mass is 346 g/mol. The molecular formula is C16H21ClF2N2O2. The number of alkyl halides is 2. The number of hydrogen-bond donors (Lipinski definition) is 1. The summed E-state index contributed by atoms with van der Waals surface area (Å²) in [5.41, 5.74) is 1.06. The number of nitrogens with zero attached hydrogens (tertiary/aromatic N) is 1. The molecule has 2 heterocycles. The van der Waals surface area contributed by atoms with Crippen LogP contribution in [0.4, 0.5) is 8.78 Å². The first-order valence-corrected chi connectivity index (χ1v) is 7.97. The number of benzene rings is 1. The van der Waals surface area contributed by atoms with Gasteiger partial charge in [0.15, 0.2) is 11.5 Å². The molecule has 2 fully saturated rings. The molecule has 1 saturated heterocycles. The van der Waals surface area contributed by atoms with Gasteiger partial charge in [0.2, 0.25) is 0 Å². The van der Waals surface area contributed by atoms with E-state index in [4.69, 9.17) is 0 Å². The summed E-state index contributed by atoms with van der Waals surface area (Å²) in [7, 11) is 0. The molecule has 2 aliphatic heterocycles. The molecular weight excluding hydrogens is 326 g/mol. The molecule has 1 N–H and O–H groups in total. The maximum atomic E-state index is 13.2. The Morgan fingerprint density at radius 1 is 1.13 bits per heavy atom. The predicted octanol–water partition coefficient (Wildman–Crippen LogP) is 3.18. The molecule has 0 radical (unpaired) electrons. The van der Waals surface area contributed by atoms with Crippen molar-refractivity contribution in [1.29, 1.82) is 0 Å². The van der Waals surface area contributed by atoms with E-state index >= 15 is 0 Å². The summed E-state index contributed by atoms with van der Waals surface area (Å²) in [6.45, 7) is 3.94. The van der Waals surface area contributed by atoms with Crippen LogP contribution in [0, 0.1) is 5.92 Å². The largest absolute Gasteiger partial charge is 0.586 e. The zero-order chi connectivity index (χ0) is 15.2. The van der Waals surface area contributed by atoms with Crippen molar-refractivity contribution in [1.82, 2.24) is 10.2 Å². The van der Waals surface area contributed by atoms with Crippen LogP contribution in [0.5, 0.6) is 11.5 Å². The molecule has 4 nitrogen and oxygen atoms in total. The van der Waals surface area contributed by atoms with E-state index in [-0.39, 0.29) is 23.9 Å². The van der Waals surface area contributed by atoms with Crippen molar-refractivity contribution in [3.63, 3.8) is 0 Å². The Hall–Kier alpha value is -1.11. The lowest BCUT2D eigenvalue weighted by atomic mass is 9.76. The Balaban J connectivity index is 0.00000156. The van der Waals surface area contributed by atoms with Gasteiger partial charge in [-0.05, 0) is 36.5 Å². The maximum Gasteiger partial charge on any atom is 0.586 e. The Morgan fingerprint density at radius 3 is 2.48 bits per heavy atom. The van der Waals surface area contributed by atoms with Crippen LogP contribution in [-0.2, 0) is 0 Å². The van der Waals surface area contributed by atoms with Gasteiger partial charge in [-0.25, -0.2) is 0 Å². The molecule has 0 bridgehead atoms. The third-order valence-corrected chi connectivity index (χ3v) is 4.91. The quantitative estimate of drug-likeness (QED) is 0.911. The van der Waals surface area contributed by atoms with Crippen LogP contribution in [0.1, 0.15) is 30.9 Å². The van der Waals surface area contributed by atoms with Crippen molar-refractivity contribution in [2.24, 2.45) is 5.92 Å². The minimum atomic E-state index is -3.54. The Kier molecular flexibility index (Phi) is 4.67. The fourth-order valence-corrected chi connectivity index (χ4v) is 3.65. The first-order valence-electron chi connectivity index (χ1n) is 7.97. The zero-order valence-electron chi connectivity index (χ0n) is 12.8. The summed E-state index contributed by atoms with van der Waals surface area (Å²) < 4.78 is 35.5. The highest BCUT2D eigenvalue weighted by Crippen LogP contribution is 2.46. The fourth-order valence-electron chi connectivity index (χ4n) is 3.65. The number of piperazine rings is 1. The van der Waals surface area contributed by atoms with E-state index in [1.807, 2.05) is 6.07 Å². The summed E-state index contributed by atoms with van der Waals surface area (Å²) in [5, 5.41) is 3.36. The lowest BCUT2D eigenvalue weighted by Crippen LogP contribution is -2.47. The zero-order valence-corrected chi connectivity index (χ0v) is 13.6. The second-order valence-corrected chi connectivity index (χ2v) is 6.30. The molecule has 0 amide bonds. The van der Waals surface area contributed by atoms with Gasteiger partial charge >= 0.3 is 6.29 Å². The van der Waals surface area contributed by atoms with Crippen molar-refractivity contribution >= 4 is 12.4 Å². The molecule has 0 aromatic heterocycles. The van der Waals surface area contributed by atoms with E-state index < -0.39 is 6.29 Å². The van der Waals surface area contributed by atoms with Gasteiger partial charge < -0.3 is 14.8 Å². The topological polar surface area (TPSA) is 33.7 Å². The Bertz CT molecular complexity index is 563. The SMILES string of the molecule is Cl.FC1(F)Oc2ccc([C@@H](C3CCC3)N3CCNCC3)cc2O1. The number of rotatable bonds is 3. The third kappa shape index (κ3) is 3.25. The van der Waals surface area contributed by atoms with Crippen LogP contribution in [0.25, 0.3) is 0 Å². The molecule has 0 spiro atoms. The number of halogens is 3. The van der Waals surface area contributed by atoms with Crippen molar-refractivity contribution in [3.8, 4) is 11.5 Å². The molecule has 1 aliphatic carbocycles. The number of fused-ring (bicyclic) bond motifs is 1. The first-order chi connectivity index (χ1) is 10.6. The van der Waals surface area contributed by atoms with Crippen molar-refractivity contribution in [2.45, 2.75) is 31.6 Å². The normalized spacial score (nSPS) is 24.6. The highest BCUT2D eigenvalue weighted by molar-refractivity contribution is 5.85. The van der Waals surface area contributed by atoms with E-state index in [0.29, 0.717) is 12.0 Å². The van der Waals surface area contributed by atoms with Crippen LogP contribution in [0.3, 0.4) is 0 Å². The molecule has 23 heavy (non-hydrogen) atoms. The van der Waals surface area contributed by atoms with Crippen molar-refractivity contribution in [3.05, 3.63) is 23.8 Å². The summed E-state index contributed by atoms with van der Waals surface area (Å²) in [5.74, 6) is 0.891. The molecule has 4 rings (SSSR count). The summed E-state index contributed by atoms with van der Waals surface area (Å²) >= 11 is 0. The Morgan fingerprint density at radius 2 is 1.83 bits per heavy atom. The Labute approximate surface area is 140 Å². The second-order valence-electron chi connectivity index (χ2n) is 6.30. The van der Waals surface area contributed by atoms with Crippen LogP contribution in [0.15, 0.2) is 18.2 Å². The molecule has 1 aromatic rings. The maximum absolute atomic E-state index is 13.2. The number of hydrogen-bond acceptors (Lipinski definition) is 4. The second kappa shape index (κ2) is 6.42. The molecule has 7 heteroatoms. The minimum Gasteiger partial charge on any atom is -0.395 e. The third-order valence-electron chi connectivity index (χ3n) is 4.91. The highest BCUT2D eigenvalue weighted by atomic mass is 35.5.